The van der Waals surface area contributed by atoms with Gasteiger partial charge in [0.25, 0.3) is 5.91 Å². The monoisotopic (exact) mass is 486 g/mol. The van der Waals surface area contributed by atoms with Crippen LogP contribution in [0.2, 0.25) is 0 Å². The van der Waals surface area contributed by atoms with Crippen molar-refractivity contribution in [1.82, 2.24) is 24.9 Å². The zero-order chi connectivity index (χ0) is 24.8. The van der Waals surface area contributed by atoms with Gasteiger partial charge in [-0.05, 0) is 12.8 Å². The molecule has 2 aromatic heterocycles. The number of hydrazone groups is 1. The summed E-state index contributed by atoms with van der Waals surface area (Å²) in [5.74, 6) is -2.63. The summed E-state index contributed by atoms with van der Waals surface area (Å²) in [6.07, 6.45) is -7.86. The second-order valence-electron chi connectivity index (χ2n) is 6.90. The molecule has 1 fully saturated rings. The second kappa shape index (κ2) is 8.11. The van der Waals surface area contributed by atoms with Crippen LogP contribution in [0.3, 0.4) is 0 Å². The van der Waals surface area contributed by atoms with Crippen LogP contribution in [0.25, 0.3) is 5.82 Å². The molecule has 0 aromatic carbocycles. The summed E-state index contributed by atoms with van der Waals surface area (Å²) in [6.45, 7) is 0. The van der Waals surface area contributed by atoms with Crippen LogP contribution in [0.15, 0.2) is 22.5 Å². The maximum Gasteiger partial charge on any atom is 0.459 e. The number of hydrogen-bond acceptors (Lipinski definition) is 6. The molecule has 3 rings (SSSR count). The number of aromatic nitrogens is 4. The van der Waals surface area contributed by atoms with E-state index in [1.165, 1.54) is 0 Å². The molecular weight excluding hydrogens is 472 g/mol. The molecule has 0 saturated heterocycles. The highest BCUT2D eigenvalue weighted by Crippen LogP contribution is 2.49. The molecular formula is C16H14F8N8O. The number of amides is 1. The fourth-order valence-electron chi connectivity index (χ4n) is 2.66. The fourth-order valence-corrected chi connectivity index (χ4v) is 2.66. The molecule has 1 aliphatic rings. The number of aryl methyl sites for hydroxylation is 1. The van der Waals surface area contributed by atoms with Gasteiger partial charge in [0.1, 0.15) is 11.3 Å². The molecule has 0 aliphatic heterocycles. The molecule has 0 spiro atoms. The van der Waals surface area contributed by atoms with Crippen molar-refractivity contribution in [2.24, 2.45) is 23.0 Å². The molecule has 2 heterocycles. The Morgan fingerprint density at radius 1 is 1.21 bits per heavy atom. The predicted octanol–water partition coefficient (Wildman–Crippen LogP) is 2.57. The van der Waals surface area contributed by atoms with Crippen molar-refractivity contribution in [3.05, 3.63) is 23.7 Å². The van der Waals surface area contributed by atoms with Gasteiger partial charge in [-0.25, -0.2) is 9.36 Å². The number of nitrogens with two attached hydrogens (primary N) is 1. The Bertz CT molecular complexity index is 1110. The van der Waals surface area contributed by atoms with E-state index in [1.807, 2.05) is 0 Å². The average molecular weight is 486 g/mol. The summed E-state index contributed by atoms with van der Waals surface area (Å²) < 4.78 is 107. The van der Waals surface area contributed by atoms with Crippen LogP contribution in [0.5, 0.6) is 0 Å². The standard InChI is InChI=1S/C16H14F8N8O/c1-31-13(10(15(19,20)21)11(30-31)14(17,18)16(22,23)24)32-6-8(4-27-32)26-5-9(29-25)12(33)28-7-2-3-7/h4-7H,2-3,25H2,1H3,(H,28,33). The number of alkyl halides is 8. The zero-order valence-corrected chi connectivity index (χ0v) is 16.4. The maximum atomic E-state index is 13.8. The molecule has 0 bridgehead atoms. The molecule has 3 N–H and O–H groups in total. The third-order valence-electron chi connectivity index (χ3n) is 4.36. The smallest absolute Gasteiger partial charge is 0.348 e. The lowest BCUT2D eigenvalue weighted by Gasteiger charge is -2.19. The number of aliphatic imine (C=N–C) groups is 1. The fraction of sp³-hybridized carbons (Fsp3) is 0.438. The van der Waals surface area contributed by atoms with Crippen molar-refractivity contribution >= 4 is 23.5 Å². The molecule has 1 amide bonds. The third-order valence-corrected chi connectivity index (χ3v) is 4.36. The van der Waals surface area contributed by atoms with E-state index in [-0.39, 0.29) is 22.1 Å². The first-order valence-corrected chi connectivity index (χ1v) is 8.94. The molecule has 1 aliphatic carbocycles. The van der Waals surface area contributed by atoms with Gasteiger partial charge in [0.15, 0.2) is 17.2 Å². The van der Waals surface area contributed by atoms with Crippen molar-refractivity contribution < 1.29 is 39.9 Å². The lowest BCUT2D eigenvalue weighted by Crippen LogP contribution is -2.36. The minimum absolute atomic E-state index is 0.0277. The van der Waals surface area contributed by atoms with E-state index in [0.717, 1.165) is 38.5 Å². The van der Waals surface area contributed by atoms with Crippen LogP contribution < -0.4 is 11.2 Å². The van der Waals surface area contributed by atoms with Gasteiger partial charge in [-0.2, -0.15) is 50.4 Å². The van der Waals surface area contributed by atoms with Gasteiger partial charge in [-0.1, -0.05) is 0 Å². The minimum Gasteiger partial charge on any atom is -0.348 e. The summed E-state index contributed by atoms with van der Waals surface area (Å²) in [6, 6.07) is -0.0277. The van der Waals surface area contributed by atoms with E-state index < -0.39 is 41.3 Å². The number of rotatable bonds is 6. The minimum atomic E-state index is -6.32. The Kier molecular flexibility index (Phi) is 5.93. The van der Waals surface area contributed by atoms with Crippen molar-refractivity contribution in [3.63, 3.8) is 0 Å². The number of halogens is 8. The Morgan fingerprint density at radius 2 is 1.85 bits per heavy atom. The largest absolute Gasteiger partial charge is 0.459 e. The summed E-state index contributed by atoms with van der Waals surface area (Å²) in [5.41, 5.74) is -5.35. The summed E-state index contributed by atoms with van der Waals surface area (Å²) >= 11 is 0. The highest BCUT2D eigenvalue weighted by molar-refractivity contribution is 6.60. The Hall–Kier alpha value is -3.53. The van der Waals surface area contributed by atoms with E-state index in [1.54, 1.807) is 0 Å². The van der Waals surface area contributed by atoms with Crippen molar-refractivity contribution in [2.45, 2.75) is 37.2 Å². The molecule has 0 atom stereocenters. The highest BCUT2D eigenvalue weighted by Gasteiger charge is 2.64. The van der Waals surface area contributed by atoms with Crippen LogP contribution in [-0.4, -0.2) is 49.6 Å². The number of nitrogens with zero attached hydrogens (tertiary/aromatic N) is 6. The Balaban J connectivity index is 1.99. The molecule has 17 heteroatoms. The maximum absolute atomic E-state index is 13.8. The zero-order valence-electron chi connectivity index (χ0n) is 16.4. The van der Waals surface area contributed by atoms with Gasteiger partial charge in [0.2, 0.25) is 0 Å². The van der Waals surface area contributed by atoms with Crippen LogP contribution >= 0.6 is 0 Å². The van der Waals surface area contributed by atoms with Crippen molar-refractivity contribution in [1.29, 1.82) is 0 Å². The summed E-state index contributed by atoms with van der Waals surface area (Å²) in [7, 11) is 0.743. The number of nitrogens with one attached hydrogen (secondary N) is 1. The Labute approximate surface area is 178 Å². The van der Waals surface area contributed by atoms with Gasteiger partial charge in [-0.15, -0.1) is 0 Å². The molecule has 9 nitrogen and oxygen atoms in total. The first-order chi connectivity index (χ1) is 15.2. The van der Waals surface area contributed by atoms with Gasteiger partial charge < -0.3 is 11.2 Å². The van der Waals surface area contributed by atoms with Crippen molar-refractivity contribution in [3.8, 4) is 5.82 Å². The van der Waals surface area contributed by atoms with E-state index >= 15 is 0 Å². The lowest BCUT2D eigenvalue weighted by molar-refractivity contribution is -0.292. The van der Waals surface area contributed by atoms with Gasteiger partial charge in [0.05, 0.1) is 18.6 Å². The van der Waals surface area contributed by atoms with E-state index in [9.17, 15) is 39.9 Å². The molecule has 180 valence electrons. The van der Waals surface area contributed by atoms with E-state index in [0.29, 0.717) is 4.68 Å². The van der Waals surface area contributed by atoms with E-state index in [4.69, 9.17) is 5.84 Å². The van der Waals surface area contributed by atoms with Gasteiger partial charge in [-0.3, -0.25) is 9.79 Å². The van der Waals surface area contributed by atoms with Gasteiger partial charge >= 0.3 is 18.3 Å². The quantitative estimate of drug-likeness (QED) is 0.283. The summed E-state index contributed by atoms with van der Waals surface area (Å²) in [4.78, 5) is 15.7. The molecule has 0 radical (unpaired) electrons. The van der Waals surface area contributed by atoms with E-state index in [2.05, 4.69) is 25.6 Å². The molecule has 0 unspecified atom stereocenters. The topological polar surface area (TPSA) is 115 Å². The first-order valence-electron chi connectivity index (χ1n) is 8.94. The van der Waals surface area contributed by atoms with Gasteiger partial charge in [0, 0.05) is 13.1 Å². The van der Waals surface area contributed by atoms with Crippen molar-refractivity contribution in [2.75, 3.05) is 0 Å². The molecule has 2 aromatic rings. The van der Waals surface area contributed by atoms with Crippen LogP contribution in [-0.2, 0) is 23.9 Å². The Morgan fingerprint density at radius 3 is 2.36 bits per heavy atom. The third kappa shape index (κ3) is 4.80. The second-order valence-corrected chi connectivity index (χ2v) is 6.90. The van der Waals surface area contributed by atoms with Crippen LogP contribution in [0.4, 0.5) is 40.8 Å². The SMILES string of the molecule is Cn1nc(C(F)(F)C(F)(F)F)c(C(F)(F)F)c1-n1cc(N=CC(=NN)C(=O)NC2CC2)cn1. The highest BCUT2D eigenvalue weighted by atomic mass is 19.4. The average Bonchev–Trinajstić information content (AvgIpc) is 3.23. The molecule has 1 saturated carbocycles. The number of hydrogen-bond donors (Lipinski definition) is 2. The van der Waals surface area contributed by atoms with Crippen LogP contribution in [0.1, 0.15) is 24.1 Å². The lowest BCUT2D eigenvalue weighted by atomic mass is 10.1. The number of carbonyl (C=O) groups excluding carboxylic acids is 1. The predicted molar refractivity (Wildman–Crippen MR) is 96.2 cm³/mol. The normalized spacial score (nSPS) is 16.0. The van der Waals surface area contributed by atoms with Crippen LogP contribution in [0, 0.1) is 0 Å². The first kappa shape index (κ1) is 24.1. The molecule has 33 heavy (non-hydrogen) atoms. The summed E-state index contributed by atoms with van der Waals surface area (Å²) in [5, 5.41) is 12.1. The number of carbonyl (C=O) groups is 1.